The van der Waals surface area contributed by atoms with Gasteiger partial charge in [-0.2, -0.15) is 0 Å². The molecule has 3 aromatic rings. The second-order valence-corrected chi connectivity index (χ2v) is 8.35. The van der Waals surface area contributed by atoms with Crippen molar-refractivity contribution in [3.8, 4) is 5.75 Å². The molecular formula is C18H17N5O4S2. The van der Waals surface area contributed by atoms with Crippen molar-refractivity contribution in [3.63, 3.8) is 0 Å². The average molecular weight is 431 g/mol. The summed E-state index contributed by atoms with van der Waals surface area (Å²) in [6.45, 7) is 1.73. The lowest BCUT2D eigenvalue weighted by Gasteiger charge is -2.10. The molecular weight excluding hydrogens is 414 g/mol. The molecule has 11 heteroatoms. The molecule has 0 radical (unpaired) electrons. The Balaban J connectivity index is 1.59. The van der Waals surface area contributed by atoms with Gasteiger partial charge in [-0.1, -0.05) is 35.2 Å². The third-order valence-electron chi connectivity index (χ3n) is 3.70. The quantitative estimate of drug-likeness (QED) is 0.307. The Kier molecular flexibility index (Phi) is 6.62. The number of hydrogen-bond acceptors (Lipinski definition) is 9. The lowest BCUT2D eigenvalue weighted by Crippen LogP contribution is -2.22. The van der Waals surface area contributed by atoms with Gasteiger partial charge in [0.25, 0.3) is 5.69 Å². The maximum Gasteiger partial charge on any atom is 0.271 e. The summed E-state index contributed by atoms with van der Waals surface area (Å²) in [6.07, 6.45) is 0. The minimum atomic E-state index is -0.508. The van der Waals surface area contributed by atoms with E-state index in [-0.39, 0.29) is 11.6 Å². The number of anilines is 3. The summed E-state index contributed by atoms with van der Waals surface area (Å²) in [7, 11) is 1.60. The highest BCUT2D eigenvalue weighted by Crippen LogP contribution is 2.31. The van der Waals surface area contributed by atoms with Crippen LogP contribution in [0.5, 0.6) is 5.75 Å². The van der Waals surface area contributed by atoms with Crippen LogP contribution in [0.3, 0.4) is 0 Å². The van der Waals surface area contributed by atoms with Gasteiger partial charge in [0.1, 0.15) is 5.75 Å². The summed E-state index contributed by atoms with van der Waals surface area (Å²) >= 11 is 2.57. The molecule has 0 aliphatic rings. The van der Waals surface area contributed by atoms with Crippen LogP contribution in [0.4, 0.5) is 22.2 Å². The fraction of sp³-hybridized carbons (Fsp3) is 0.167. The van der Waals surface area contributed by atoms with Gasteiger partial charge in [0, 0.05) is 29.6 Å². The predicted octanol–water partition coefficient (Wildman–Crippen LogP) is 4.32. The van der Waals surface area contributed by atoms with Gasteiger partial charge >= 0.3 is 0 Å². The summed E-state index contributed by atoms with van der Waals surface area (Å²) in [5.74, 6) is 0.438. The normalized spacial score (nSPS) is 11.5. The van der Waals surface area contributed by atoms with E-state index in [1.165, 1.54) is 41.3 Å². The number of nitrogens with one attached hydrogen (secondary N) is 2. The molecule has 0 fully saturated rings. The minimum Gasteiger partial charge on any atom is -0.497 e. The zero-order chi connectivity index (χ0) is 20.8. The molecule has 0 spiro atoms. The number of ether oxygens (including phenoxy) is 1. The van der Waals surface area contributed by atoms with Crippen LogP contribution in [0.2, 0.25) is 0 Å². The molecule has 150 valence electrons. The number of thioether (sulfide) groups is 1. The molecule has 0 unspecified atom stereocenters. The van der Waals surface area contributed by atoms with Gasteiger partial charge in [-0.05, 0) is 25.1 Å². The highest BCUT2D eigenvalue weighted by molar-refractivity contribution is 8.02. The van der Waals surface area contributed by atoms with E-state index in [2.05, 4.69) is 20.8 Å². The molecule has 29 heavy (non-hydrogen) atoms. The van der Waals surface area contributed by atoms with E-state index >= 15 is 0 Å². The molecule has 0 aliphatic carbocycles. The summed E-state index contributed by atoms with van der Waals surface area (Å²) in [5, 5.41) is 25.0. The molecule has 0 bridgehead atoms. The first kappa shape index (κ1) is 20.6. The predicted molar refractivity (Wildman–Crippen MR) is 113 cm³/mol. The Morgan fingerprint density at radius 3 is 2.72 bits per heavy atom. The number of carbonyl (C=O) groups is 1. The van der Waals surface area contributed by atoms with Gasteiger partial charge in [0.2, 0.25) is 11.0 Å². The highest BCUT2D eigenvalue weighted by atomic mass is 32.2. The number of methoxy groups -OCH3 is 1. The van der Waals surface area contributed by atoms with Gasteiger partial charge in [0.05, 0.1) is 17.3 Å². The second kappa shape index (κ2) is 9.34. The Morgan fingerprint density at radius 1 is 1.21 bits per heavy atom. The maximum atomic E-state index is 12.4. The van der Waals surface area contributed by atoms with E-state index in [0.717, 1.165) is 11.4 Å². The first-order valence-electron chi connectivity index (χ1n) is 8.41. The molecule has 1 atom stereocenters. The van der Waals surface area contributed by atoms with Crippen molar-refractivity contribution < 1.29 is 14.5 Å². The van der Waals surface area contributed by atoms with E-state index in [4.69, 9.17) is 4.74 Å². The Labute approximate surface area is 174 Å². The van der Waals surface area contributed by atoms with E-state index in [1.54, 1.807) is 20.1 Å². The summed E-state index contributed by atoms with van der Waals surface area (Å²) in [6, 6.07) is 13.2. The van der Waals surface area contributed by atoms with E-state index in [1.807, 2.05) is 24.3 Å². The number of non-ortho nitro benzene ring substituents is 1. The van der Waals surface area contributed by atoms with Gasteiger partial charge in [0.15, 0.2) is 4.34 Å². The smallest absolute Gasteiger partial charge is 0.271 e. The van der Waals surface area contributed by atoms with Crippen LogP contribution in [-0.4, -0.2) is 33.4 Å². The molecule has 9 nitrogen and oxygen atoms in total. The van der Waals surface area contributed by atoms with Crippen molar-refractivity contribution in [3.05, 3.63) is 58.6 Å². The zero-order valence-corrected chi connectivity index (χ0v) is 17.1. The Hall–Kier alpha value is -3.18. The molecule has 3 rings (SSSR count). The van der Waals surface area contributed by atoms with Crippen LogP contribution in [0.1, 0.15) is 6.92 Å². The zero-order valence-electron chi connectivity index (χ0n) is 15.5. The number of aromatic nitrogens is 2. The van der Waals surface area contributed by atoms with E-state index in [9.17, 15) is 14.9 Å². The minimum absolute atomic E-state index is 0.0829. The van der Waals surface area contributed by atoms with Gasteiger partial charge in [-0.3, -0.25) is 14.9 Å². The van der Waals surface area contributed by atoms with Crippen molar-refractivity contribution in [1.82, 2.24) is 10.2 Å². The molecule has 0 saturated carbocycles. The van der Waals surface area contributed by atoms with Gasteiger partial charge in [-0.25, -0.2) is 0 Å². The molecule has 1 aromatic heterocycles. The first-order chi connectivity index (χ1) is 13.9. The van der Waals surface area contributed by atoms with Crippen molar-refractivity contribution in [2.45, 2.75) is 16.5 Å². The fourth-order valence-corrected chi connectivity index (χ4v) is 4.19. The number of nitrogens with zero attached hydrogens (tertiary/aromatic N) is 3. The number of hydrogen-bond donors (Lipinski definition) is 2. The van der Waals surface area contributed by atoms with Gasteiger partial charge < -0.3 is 15.4 Å². The number of benzene rings is 2. The van der Waals surface area contributed by atoms with Crippen molar-refractivity contribution in [1.29, 1.82) is 0 Å². The van der Waals surface area contributed by atoms with Crippen LogP contribution in [0.15, 0.2) is 52.9 Å². The number of nitro benzene ring substituents is 1. The number of carbonyl (C=O) groups excluding carboxylic acids is 1. The summed E-state index contributed by atoms with van der Waals surface area (Å²) in [5.41, 5.74) is 1.10. The Bertz CT molecular complexity index is 1030. The number of amides is 1. The van der Waals surface area contributed by atoms with Crippen LogP contribution in [-0.2, 0) is 4.79 Å². The monoisotopic (exact) mass is 431 g/mol. The van der Waals surface area contributed by atoms with E-state index < -0.39 is 10.2 Å². The standard InChI is InChI=1S/C18H17N5O4S2/c1-11(16(24)19-12-5-3-7-14(9-12)23(25)26)28-18-22-21-17(29-18)20-13-6-4-8-15(10-13)27-2/h3-11H,1-2H3,(H,19,24)(H,20,21)/t11-/m1/s1. The first-order valence-corrected chi connectivity index (χ1v) is 10.1. The average Bonchev–Trinajstić information content (AvgIpc) is 3.14. The summed E-state index contributed by atoms with van der Waals surface area (Å²) < 4.78 is 5.81. The van der Waals surface area contributed by atoms with E-state index in [0.29, 0.717) is 15.2 Å². The molecule has 1 amide bonds. The molecule has 0 aliphatic heterocycles. The van der Waals surface area contributed by atoms with Crippen LogP contribution in [0, 0.1) is 10.1 Å². The fourth-order valence-electron chi connectivity index (χ4n) is 2.28. The molecule has 2 N–H and O–H groups in total. The molecule has 1 heterocycles. The lowest BCUT2D eigenvalue weighted by molar-refractivity contribution is -0.384. The third-order valence-corrected chi connectivity index (χ3v) is 5.72. The SMILES string of the molecule is COc1cccc(Nc2nnc(S[C@H](C)C(=O)Nc3cccc([N+](=O)[O-])c3)s2)c1. The molecule has 0 saturated heterocycles. The highest BCUT2D eigenvalue weighted by Gasteiger charge is 2.18. The third kappa shape index (κ3) is 5.65. The largest absolute Gasteiger partial charge is 0.497 e. The second-order valence-electron chi connectivity index (χ2n) is 5.79. The van der Waals surface area contributed by atoms with Crippen LogP contribution < -0.4 is 15.4 Å². The molecule has 2 aromatic carbocycles. The van der Waals surface area contributed by atoms with Crippen LogP contribution >= 0.6 is 23.1 Å². The van der Waals surface area contributed by atoms with Crippen LogP contribution in [0.25, 0.3) is 0 Å². The van der Waals surface area contributed by atoms with Gasteiger partial charge in [-0.15, -0.1) is 10.2 Å². The Morgan fingerprint density at radius 2 is 1.97 bits per heavy atom. The number of rotatable bonds is 8. The topological polar surface area (TPSA) is 119 Å². The van der Waals surface area contributed by atoms with Crippen molar-refractivity contribution in [2.75, 3.05) is 17.7 Å². The number of nitro groups is 1. The van der Waals surface area contributed by atoms with Crippen molar-refractivity contribution in [2.24, 2.45) is 0 Å². The lowest BCUT2D eigenvalue weighted by atomic mass is 10.2. The maximum absolute atomic E-state index is 12.4. The van der Waals surface area contributed by atoms with Crippen molar-refractivity contribution >= 4 is 51.2 Å². The summed E-state index contributed by atoms with van der Waals surface area (Å²) in [4.78, 5) is 22.7.